The number of hydrogen-bond acceptors (Lipinski definition) is 3. The molecule has 1 unspecified atom stereocenters. The van der Waals surface area contributed by atoms with Crippen LogP contribution < -0.4 is 15.5 Å². The minimum Gasteiger partial charge on any atom is -0.359 e. The van der Waals surface area contributed by atoms with Gasteiger partial charge in [0.2, 0.25) is 5.91 Å². The van der Waals surface area contributed by atoms with Crippen molar-refractivity contribution >= 4 is 11.6 Å². The molecule has 1 atom stereocenters. The first-order valence-corrected chi connectivity index (χ1v) is 6.58. The lowest BCUT2D eigenvalue weighted by Crippen LogP contribution is -2.42. The van der Waals surface area contributed by atoms with E-state index in [9.17, 15) is 9.18 Å². The van der Waals surface area contributed by atoms with Crippen LogP contribution in [0.2, 0.25) is 0 Å². The van der Waals surface area contributed by atoms with E-state index in [1.165, 1.54) is 12.1 Å². The summed E-state index contributed by atoms with van der Waals surface area (Å²) in [6.45, 7) is 1.41. The Kier molecular flexibility index (Phi) is 4.37. The van der Waals surface area contributed by atoms with Crippen molar-refractivity contribution < 1.29 is 9.18 Å². The third-order valence-corrected chi connectivity index (χ3v) is 3.46. The molecule has 19 heavy (non-hydrogen) atoms. The Hall–Kier alpha value is -1.62. The summed E-state index contributed by atoms with van der Waals surface area (Å²) in [5.41, 5.74) is 1.68. The van der Waals surface area contributed by atoms with Gasteiger partial charge in [-0.15, -0.1) is 0 Å². The van der Waals surface area contributed by atoms with Crippen LogP contribution in [0.3, 0.4) is 0 Å². The second kappa shape index (κ2) is 6.02. The molecule has 0 spiro atoms. The molecule has 4 nitrogen and oxygen atoms in total. The molecule has 1 aromatic carbocycles. The molecule has 1 saturated heterocycles. The van der Waals surface area contributed by atoms with E-state index in [1.807, 2.05) is 18.0 Å². The molecule has 1 amide bonds. The van der Waals surface area contributed by atoms with Crippen LogP contribution in [0.5, 0.6) is 0 Å². The van der Waals surface area contributed by atoms with Crippen LogP contribution in [-0.4, -0.2) is 32.6 Å². The van der Waals surface area contributed by atoms with Gasteiger partial charge in [0, 0.05) is 25.8 Å². The predicted octanol–water partition coefficient (Wildman–Crippen LogP) is 1.26. The Morgan fingerprint density at radius 2 is 2.21 bits per heavy atom. The lowest BCUT2D eigenvalue weighted by Gasteiger charge is -2.26. The number of nitrogens with one attached hydrogen (secondary N) is 2. The Balaban J connectivity index is 2.27. The van der Waals surface area contributed by atoms with Crippen LogP contribution in [0.25, 0.3) is 0 Å². The number of rotatable bonds is 4. The van der Waals surface area contributed by atoms with Gasteiger partial charge in [0.15, 0.2) is 0 Å². The maximum Gasteiger partial charge on any atom is 0.242 e. The zero-order valence-electron chi connectivity index (χ0n) is 11.4. The van der Waals surface area contributed by atoms with Gasteiger partial charge >= 0.3 is 0 Å². The van der Waals surface area contributed by atoms with E-state index in [0.717, 1.165) is 30.6 Å². The van der Waals surface area contributed by atoms with E-state index >= 15 is 0 Å². The van der Waals surface area contributed by atoms with E-state index in [1.54, 1.807) is 7.05 Å². The molecule has 1 aromatic rings. The van der Waals surface area contributed by atoms with Gasteiger partial charge in [0.1, 0.15) is 11.9 Å². The average Bonchev–Trinajstić information content (AvgIpc) is 2.86. The number of likely N-dealkylation sites (N-methyl/N-ethyl adjacent to an activating group) is 1. The van der Waals surface area contributed by atoms with E-state index in [0.29, 0.717) is 6.54 Å². The third kappa shape index (κ3) is 3.04. The monoisotopic (exact) mass is 265 g/mol. The molecule has 0 bridgehead atoms. The summed E-state index contributed by atoms with van der Waals surface area (Å²) in [5, 5.41) is 5.68. The molecular formula is C14H20FN3O. The molecule has 5 heteroatoms. The highest BCUT2D eigenvalue weighted by Gasteiger charge is 2.30. The summed E-state index contributed by atoms with van der Waals surface area (Å²) in [6.07, 6.45) is 1.77. The Morgan fingerprint density at radius 3 is 2.89 bits per heavy atom. The number of amides is 1. The van der Waals surface area contributed by atoms with Gasteiger partial charge in [-0.2, -0.15) is 0 Å². The van der Waals surface area contributed by atoms with Crippen molar-refractivity contribution in [2.24, 2.45) is 0 Å². The van der Waals surface area contributed by atoms with Crippen LogP contribution in [0.1, 0.15) is 18.4 Å². The predicted molar refractivity (Wildman–Crippen MR) is 73.6 cm³/mol. The summed E-state index contributed by atoms with van der Waals surface area (Å²) in [6, 6.07) is 4.78. The molecule has 1 heterocycles. The first-order chi connectivity index (χ1) is 9.15. The SMILES string of the molecule is CNCc1cc(F)cc(N2CCCC2C(=O)NC)c1. The zero-order valence-corrected chi connectivity index (χ0v) is 11.4. The van der Waals surface area contributed by atoms with Gasteiger partial charge in [-0.05, 0) is 43.7 Å². The van der Waals surface area contributed by atoms with Crippen molar-refractivity contribution in [1.29, 1.82) is 0 Å². The summed E-state index contributed by atoms with van der Waals surface area (Å²) < 4.78 is 13.7. The Bertz CT molecular complexity index is 464. The van der Waals surface area contributed by atoms with Crippen molar-refractivity contribution in [2.75, 3.05) is 25.5 Å². The van der Waals surface area contributed by atoms with Gasteiger partial charge < -0.3 is 15.5 Å². The number of halogens is 1. The Labute approximate surface area is 113 Å². The second-order valence-corrected chi connectivity index (χ2v) is 4.81. The molecule has 1 fully saturated rings. The van der Waals surface area contributed by atoms with Gasteiger partial charge in [0.25, 0.3) is 0 Å². The second-order valence-electron chi connectivity index (χ2n) is 4.81. The number of hydrogen-bond donors (Lipinski definition) is 2. The van der Waals surface area contributed by atoms with Crippen molar-refractivity contribution in [3.63, 3.8) is 0 Å². The summed E-state index contributed by atoms with van der Waals surface area (Å²) in [4.78, 5) is 13.8. The van der Waals surface area contributed by atoms with E-state index in [2.05, 4.69) is 10.6 Å². The summed E-state index contributed by atoms with van der Waals surface area (Å²) in [5.74, 6) is -0.262. The maximum absolute atomic E-state index is 13.7. The smallest absolute Gasteiger partial charge is 0.242 e. The largest absolute Gasteiger partial charge is 0.359 e. The number of anilines is 1. The molecule has 0 radical (unpaired) electrons. The van der Waals surface area contributed by atoms with E-state index in [-0.39, 0.29) is 17.8 Å². The van der Waals surface area contributed by atoms with Gasteiger partial charge in [-0.25, -0.2) is 4.39 Å². The third-order valence-electron chi connectivity index (χ3n) is 3.46. The zero-order chi connectivity index (χ0) is 13.8. The first-order valence-electron chi connectivity index (χ1n) is 6.58. The topological polar surface area (TPSA) is 44.4 Å². The highest BCUT2D eigenvalue weighted by molar-refractivity contribution is 5.85. The van der Waals surface area contributed by atoms with Crippen molar-refractivity contribution in [1.82, 2.24) is 10.6 Å². The molecular weight excluding hydrogens is 245 g/mol. The van der Waals surface area contributed by atoms with E-state index < -0.39 is 0 Å². The van der Waals surface area contributed by atoms with E-state index in [4.69, 9.17) is 0 Å². The normalized spacial score (nSPS) is 18.7. The van der Waals surface area contributed by atoms with Crippen LogP contribution in [0.4, 0.5) is 10.1 Å². The molecule has 0 aliphatic carbocycles. The van der Waals surface area contributed by atoms with Crippen molar-refractivity contribution in [3.05, 3.63) is 29.6 Å². The number of benzene rings is 1. The van der Waals surface area contributed by atoms with Crippen LogP contribution in [0, 0.1) is 5.82 Å². The standard InChI is InChI=1S/C14H20FN3O/c1-16-9-10-6-11(15)8-12(7-10)18-5-3-4-13(18)14(19)17-2/h6-8,13,16H,3-5,9H2,1-2H3,(H,17,19). The highest BCUT2D eigenvalue weighted by Crippen LogP contribution is 2.27. The number of carbonyl (C=O) groups excluding carboxylic acids is 1. The summed E-state index contributed by atoms with van der Waals surface area (Å²) in [7, 11) is 3.46. The van der Waals surface area contributed by atoms with Crippen LogP contribution >= 0.6 is 0 Å². The molecule has 104 valence electrons. The fourth-order valence-electron chi connectivity index (χ4n) is 2.62. The minimum absolute atomic E-state index is 0.00284. The average molecular weight is 265 g/mol. The summed E-state index contributed by atoms with van der Waals surface area (Å²) >= 11 is 0. The van der Waals surface area contributed by atoms with Crippen LogP contribution in [-0.2, 0) is 11.3 Å². The fourth-order valence-corrected chi connectivity index (χ4v) is 2.62. The van der Waals surface area contributed by atoms with Gasteiger partial charge in [-0.3, -0.25) is 4.79 Å². The van der Waals surface area contributed by atoms with Gasteiger partial charge in [-0.1, -0.05) is 0 Å². The van der Waals surface area contributed by atoms with Crippen molar-refractivity contribution in [3.8, 4) is 0 Å². The van der Waals surface area contributed by atoms with Crippen LogP contribution in [0.15, 0.2) is 18.2 Å². The maximum atomic E-state index is 13.7. The first kappa shape index (κ1) is 13.8. The Morgan fingerprint density at radius 1 is 1.42 bits per heavy atom. The molecule has 0 aromatic heterocycles. The van der Waals surface area contributed by atoms with Gasteiger partial charge in [0.05, 0.1) is 0 Å². The molecule has 2 N–H and O–H groups in total. The lowest BCUT2D eigenvalue weighted by molar-refractivity contribution is -0.121. The lowest BCUT2D eigenvalue weighted by atomic mass is 10.1. The minimum atomic E-state index is -0.259. The number of nitrogens with zero attached hydrogens (tertiary/aromatic N) is 1. The molecule has 1 aliphatic heterocycles. The molecule has 1 aliphatic rings. The molecule has 2 rings (SSSR count). The number of carbonyl (C=O) groups is 1. The fraction of sp³-hybridized carbons (Fsp3) is 0.500. The highest BCUT2D eigenvalue weighted by atomic mass is 19.1. The van der Waals surface area contributed by atoms with Crippen molar-refractivity contribution in [2.45, 2.75) is 25.4 Å². The quantitative estimate of drug-likeness (QED) is 0.861. The molecule has 0 saturated carbocycles.